The van der Waals surface area contributed by atoms with Gasteiger partial charge in [-0.2, -0.15) is 13.2 Å². The third-order valence-electron chi connectivity index (χ3n) is 1.80. The minimum atomic E-state index is -4.51. The average Bonchev–Trinajstić information content (AvgIpc) is 2.15. The molecule has 0 fully saturated rings. The molecule has 0 aliphatic heterocycles. The maximum atomic E-state index is 11.9. The fourth-order valence-corrected chi connectivity index (χ4v) is 1.11. The Morgan fingerprint density at radius 1 is 1.29 bits per heavy atom. The van der Waals surface area contributed by atoms with Gasteiger partial charge >= 0.3 is 12.1 Å². The zero-order valence-corrected chi connectivity index (χ0v) is 8.48. The van der Waals surface area contributed by atoms with Crippen LogP contribution in [0, 0.1) is 0 Å². The second-order valence-corrected chi connectivity index (χ2v) is 3.27. The maximum Gasteiger partial charge on any atom is 0.453 e. The minimum absolute atomic E-state index is 0.00419. The highest BCUT2D eigenvalue weighted by atomic mass is 19.4. The Morgan fingerprint density at radius 2 is 1.82 bits per heavy atom. The summed E-state index contributed by atoms with van der Waals surface area (Å²) < 4.78 is 35.6. The summed E-state index contributed by atoms with van der Waals surface area (Å²) in [4.78, 5) is 10.5. The molecule has 0 bridgehead atoms. The summed E-state index contributed by atoms with van der Waals surface area (Å²) in [6.07, 6.45) is -3.65. The molecule has 0 atom stereocenters. The van der Waals surface area contributed by atoms with E-state index in [1.165, 1.54) is 24.3 Å². The van der Waals surface area contributed by atoms with Crippen molar-refractivity contribution in [1.82, 2.24) is 0 Å². The maximum absolute atomic E-state index is 11.9. The van der Waals surface area contributed by atoms with Crippen molar-refractivity contribution < 1.29 is 33.0 Å². The van der Waals surface area contributed by atoms with Crippen LogP contribution in [0.2, 0.25) is 0 Å². The molecule has 0 aromatic heterocycles. The Hall–Kier alpha value is -2.05. The number of carboxylic acids is 1. The number of aromatic carboxylic acids is 1. The van der Waals surface area contributed by atoms with Crippen LogP contribution in [0.1, 0.15) is 15.9 Å². The molecular weight excluding hydrogens is 239 g/mol. The van der Waals surface area contributed by atoms with Crippen molar-refractivity contribution in [2.24, 2.45) is 0 Å². The zero-order chi connectivity index (χ0) is 13.1. The Labute approximate surface area is 94.2 Å². The fourth-order valence-electron chi connectivity index (χ4n) is 1.11. The van der Waals surface area contributed by atoms with Gasteiger partial charge < -0.3 is 5.11 Å². The van der Waals surface area contributed by atoms with E-state index in [0.717, 1.165) is 6.21 Å². The van der Waals surface area contributed by atoms with Crippen LogP contribution in [-0.2, 0) is 0 Å². The lowest BCUT2D eigenvalue weighted by molar-refractivity contribution is -0.783. The third kappa shape index (κ3) is 4.54. The number of carbonyl (C=O) groups is 1. The van der Waals surface area contributed by atoms with Crippen molar-refractivity contribution in [1.29, 1.82) is 0 Å². The molecule has 4 nitrogen and oxygen atoms in total. The van der Waals surface area contributed by atoms with Crippen LogP contribution in [0.4, 0.5) is 13.2 Å². The first kappa shape index (κ1) is 13.0. The molecule has 92 valence electrons. The first-order valence-corrected chi connectivity index (χ1v) is 4.48. The van der Waals surface area contributed by atoms with E-state index in [1.54, 1.807) is 0 Å². The molecular formula is C10H9F3NO3+. The van der Waals surface area contributed by atoms with Gasteiger partial charge in [-0.1, -0.05) is 0 Å². The largest absolute Gasteiger partial charge is 0.478 e. The van der Waals surface area contributed by atoms with E-state index in [9.17, 15) is 18.0 Å². The smallest absolute Gasteiger partial charge is 0.453 e. The van der Waals surface area contributed by atoms with Crippen LogP contribution in [0.3, 0.4) is 0 Å². The third-order valence-corrected chi connectivity index (χ3v) is 1.80. The monoisotopic (exact) mass is 248 g/mol. The number of hydroxylamine groups is 1. The summed E-state index contributed by atoms with van der Waals surface area (Å²) in [6, 6.07) is 5.05. The highest BCUT2D eigenvalue weighted by Crippen LogP contribution is 2.13. The summed E-state index contributed by atoms with van der Waals surface area (Å²) in [7, 11) is 0. The lowest BCUT2D eigenvalue weighted by Crippen LogP contribution is -2.25. The topological polar surface area (TPSA) is 60.5 Å². The summed E-state index contributed by atoms with van der Waals surface area (Å²) in [5, 5.41) is 17.5. The van der Waals surface area contributed by atoms with Crippen molar-refractivity contribution in [3.8, 4) is 0 Å². The van der Waals surface area contributed by atoms with E-state index >= 15 is 0 Å². The number of benzene rings is 1. The molecule has 0 saturated heterocycles. The van der Waals surface area contributed by atoms with Crippen molar-refractivity contribution in [2.45, 2.75) is 6.18 Å². The second-order valence-electron chi connectivity index (χ2n) is 3.27. The Morgan fingerprint density at radius 3 is 2.24 bits per heavy atom. The van der Waals surface area contributed by atoms with E-state index in [4.69, 9.17) is 10.3 Å². The summed E-state index contributed by atoms with van der Waals surface area (Å²) >= 11 is 0. The Bertz CT molecular complexity index is 437. The summed E-state index contributed by atoms with van der Waals surface area (Å²) in [5.74, 6) is -1.13. The number of alkyl halides is 3. The van der Waals surface area contributed by atoms with Crippen molar-refractivity contribution in [3.63, 3.8) is 0 Å². The van der Waals surface area contributed by atoms with Crippen LogP contribution in [0.25, 0.3) is 0 Å². The van der Waals surface area contributed by atoms with E-state index in [1.807, 2.05) is 0 Å². The fraction of sp³-hybridized carbons (Fsp3) is 0.200. The molecule has 0 saturated carbocycles. The predicted octanol–water partition coefficient (Wildman–Crippen LogP) is 1.77. The number of rotatable bonds is 3. The van der Waals surface area contributed by atoms with Crippen molar-refractivity contribution >= 4 is 12.2 Å². The van der Waals surface area contributed by atoms with E-state index < -0.39 is 18.7 Å². The van der Waals surface area contributed by atoms with Gasteiger partial charge in [0, 0.05) is 5.56 Å². The average molecular weight is 248 g/mol. The first-order valence-electron chi connectivity index (χ1n) is 4.48. The molecule has 7 heteroatoms. The molecule has 0 heterocycles. The van der Waals surface area contributed by atoms with Crippen molar-refractivity contribution in [2.75, 3.05) is 6.54 Å². The molecule has 0 radical (unpaired) electrons. The molecule has 1 rings (SSSR count). The molecule has 0 amide bonds. The minimum Gasteiger partial charge on any atom is -0.478 e. The molecule has 0 aliphatic rings. The summed E-state index contributed by atoms with van der Waals surface area (Å²) in [5.41, 5.74) is 0.282. The van der Waals surface area contributed by atoms with Crippen molar-refractivity contribution in [3.05, 3.63) is 35.4 Å². The lowest BCUT2D eigenvalue weighted by Gasteiger charge is -1.99. The van der Waals surface area contributed by atoms with Crippen LogP contribution in [-0.4, -0.2) is 40.0 Å². The van der Waals surface area contributed by atoms with Crippen LogP contribution in [0.5, 0.6) is 0 Å². The van der Waals surface area contributed by atoms with Gasteiger partial charge in [0.05, 0.1) is 5.56 Å². The second kappa shape index (κ2) is 4.86. The first-order chi connectivity index (χ1) is 7.78. The van der Waals surface area contributed by atoms with Gasteiger partial charge in [0.15, 0.2) is 0 Å². The summed E-state index contributed by atoms with van der Waals surface area (Å²) in [6.45, 7) is -1.49. The molecule has 1 aromatic rings. The Balaban J connectivity index is 2.81. The quantitative estimate of drug-likeness (QED) is 0.371. The molecule has 0 aliphatic carbocycles. The Kier molecular flexibility index (Phi) is 3.72. The lowest BCUT2D eigenvalue weighted by atomic mass is 10.1. The number of nitrogens with zero attached hydrogens (tertiary/aromatic N) is 1. The van der Waals surface area contributed by atoms with Gasteiger partial charge in [-0.15, -0.1) is 0 Å². The normalized spacial score (nSPS) is 12.5. The van der Waals surface area contributed by atoms with Gasteiger partial charge in [0.25, 0.3) is 6.54 Å². The van der Waals surface area contributed by atoms with Gasteiger partial charge in [-0.25, -0.2) is 4.79 Å². The number of carboxylic acid groups (broad SMARTS) is 1. The highest BCUT2D eigenvalue weighted by molar-refractivity contribution is 5.88. The van der Waals surface area contributed by atoms with E-state index in [0.29, 0.717) is 0 Å². The SMILES string of the molecule is O=C(O)c1ccc(C=[N+](O)CC(F)(F)F)cc1. The van der Waals surface area contributed by atoms with Gasteiger partial charge in [0.2, 0.25) is 6.21 Å². The van der Waals surface area contributed by atoms with Crippen LogP contribution in [0.15, 0.2) is 24.3 Å². The zero-order valence-electron chi connectivity index (χ0n) is 8.48. The number of halogens is 3. The number of hydrogen-bond acceptors (Lipinski definition) is 2. The molecule has 0 spiro atoms. The van der Waals surface area contributed by atoms with Gasteiger partial charge in [-0.05, 0) is 29.0 Å². The highest BCUT2D eigenvalue weighted by Gasteiger charge is 2.35. The molecule has 1 aromatic carbocycles. The van der Waals surface area contributed by atoms with Crippen LogP contribution < -0.4 is 0 Å². The van der Waals surface area contributed by atoms with Crippen LogP contribution >= 0.6 is 0 Å². The number of hydrogen-bond donors (Lipinski definition) is 2. The predicted molar refractivity (Wildman–Crippen MR) is 51.5 cm³/mol. The van der Waals surface area contributed by atoms with Gasteiger partial charge in [0.1, 0.15) is 0 Å². The molecule has 2 N–H and O–H groups in total. The standard InChI is InChI=1S/C10H8F3NO3/c11-10(12,13)6-14(17)5-7-1-3-8(4-2-7)9(15)16/h1-5H,6H2,(H-,15,16,17)/p+1. The molecule has 17 heavy (non-hydrogen) atoms. The van der Waals surface area contributed by atoms with E-state index in [-0.39, 0.29) is 15.9 Å². The molecule has 0 unspecified atom stereocenters. The van der Waals surface area contributed by atoms with E-state index in [2.05, 4.69) is 0 Å². The van der Waals surface area contributed by atoms with Gasteiger partial charge in [-0.3, -0.25) is 5.21 Å².